The minimum atomic E-state index is -0.494. The Hall–Kier alpha value is -0.770. The predicted molar refractivity (Wildman–Crippen MR) is 61.6 cm³/mol. The van der Waals surface area contributed by atoms with E-state index in [0.717, 1.165) is 0 Å². The largest absolute Gasteiger partial charge is 0.444 e. The summed E-state index contributed by atoms with van der Waals surface area (Å²) >= 11 is 5.48. The molecule has 0 aromatic heterocycles. The molecular weight excluding hydrogens is 230 g/mol. The molecule has 1 aliphatic rings. The van der Waals surface area contributed by atoms with Gasteiger partial charge in [-0.25, -0.2) is 4.79 Å². The van der Waals surface area contributed by atoms with Crippen LogP contribution in [0.2, 0.25) is 0 Å². The molecule has 4 nitrogen and oxygen atoms in total. The SMILES string of the molecule is CC(C)(C)OC(=O)N1CC[C@H](C(=O)CCl)C1. The number of halogens is 1. The fourth-order valence-electron chi connectivity index (χ4n) is 1.62. The summed E-state index contributed by atoms with van der Waals surface area (Å²) < 4.78 is 5.23. The van der Waals surface area contributed by atoms with Gasteiger partial charge < -0.3 is 9.64 Å². The number of ether oxygens (including phenoxy) is 1. The van der Waals surface area contributed by atoms with Gasteiger partial charge in [-0.1, -0.05) is 0 Å². The Morgan fingerprint density at radius 1 is 1.44 bits per heavy atom. The smallest absolute Gasteiger partial charge is 0.410 e. The van der Waals surface area contributed by atoms with Crippen LogP contribution in [-0.4, -0.2) is 41.3 Å². The molecule has 1 amide bonds. The van der Waals surface area contributed by atoms with Crippen LogP contribution in [0, 0.1) is 5.92 Å². The van der Waals surface area contributed by atoms with E-state index in [4.69, 9.17) is 16.3 Å². The third kappa shape index (κ3) is 3.67. The molecule has 0 spiro atoms. The molecule has 92 valence electrons. The van der Waals surface area contributed by atoms with Gasteiger partial charge in [0.05, 0.1) is 5.88 Å². The Bertz CT molecular complexity index is 285. The first-order chi connectivity index (χ1) is 7.33. The maximum atomic E-state index is 11.7. The van der Waals surface area contributed by atoms with E-state index >= 15 is 0 Å². The molecule has 16 heavy (non-hydrogen) atoms. The summed E-state index contributed by atoms with van der Waals surface area (Å²) in [6.45, 7) is 6.47. The lowest BCUT2D eigenvalue weighted by molar-refractivity contribution is -0.120. The van der Waals surface area contributed by atoms with E-state index in [1.54, 1.807) is 4.90 Å². The van der Waals surface area contributed by atoms with Crippen molar-refractivity contribution in [2.75, 3.05) is 19.0 Å². The molecule has 1 fully saturated rings. The lowest BCUT2D eigenvalue weighted by atomic mass is 10.1. The zero-order valence-corrected chi connectivity index (χ0v) is 10.7. The van der Waals surface area contributed by atoms with Crippen molar-refractivity contribution in [1.82, 2.24) is 4.90 Å². The van der Waals surface area contributed by atoms with Crippen molar-refractivity contribution < 1.29 is 14.3 Å². The third-order valence-corrected chi connectivity index (χ3v) is 2.69. The van der Waals surface area contributed by atoms with Gasteiger partial charge in [0.1, 0.15) is 5.60 Å². The first-order valence-corrected chi connectivity index (χ1v) is 5.93. The summed E-state index contributed by atoms with van der Waals surface area (Å²) in [5, 5.41) is 0. The van der Waals surface area contributed by atoms with Gasteiger partial charge in [0.25, 0.3) is 0 Å². The minimum absolute atomic E-state index is 0.00715. The zero-order valence-electron chi connectivity index (χ0n) is 9.96. The van der Waals surface area contributed by atoms with Crippen molar-refractivity contribution in [1.29, 1.82) is 0 Å². The van der Waals surface area contributed by atoms with Crippen LogP contribution in [-0.2, 0) is 9.53 Å². The van der Waals surface area contributed by atoms with Crippen molar-refractivity contribution in [2.24, 2.45) is 5.92 Å². The normalized spacial score (nSPS) is 21.0. The highest BCUT2D eigenvalue weighted by molar-refractivity contribution is 6.27. The number of hydrogen-bond acceptors (Lipinski definition) is 3. The monoisotopic (exact) mass is 247 g/mol. The Morgan fingerprint density at radius 2 is 2.06 bits per heavy atom. The predicted octanol–water partition coefficient (Wildman–Crippen LogP) is 2.05. The van der Waals surface area contributed by atoms with Crippen molar-refractivity contribution in [3.8, 4) is 0 Å². The highest BCUT2D eigenvalue weighted by Gasteiger charge is 2.32. The number of carbonyl (C=O) groups excluding carboxylic acids is 2. The Morgan fingerprint density at radius 3 is 2.56 bits per heavy atom. The van der Waals surface area contributed by atoms with E-state index in [9.17, 15) is 9.59 Å². The van der Waals surface area contributed by atoms with Gasteiger partial charge in [-0.3, -0.25) is 4.79 Å². The summed E-state index contributed by atoms with van der Waals surface area (Å²) in [5.41, 5.74) is -0.494. The fourth-order valence-corrected chi connectivity index (χ4v) is 1.84. The number of amides is 1. The van der Waals surface area contributed by atoms with Crippen LogP contribution < -0.4 is 0 Å². The van der Waals surface area contributed by atoms with E-state index < -0.39 is 5.60 Å². The molecule has 0 unspecified atom stereocenters. The van der Waals surface area contributed by atoms with Crippen LogP contribution in [0.4, 0.5) is 4.79 Å². The number of ketones is 1. The van der Waals surface area contributed by atoms with E-state index in [1.807, 2.05) is 20.8 Å². The van der Waals surface area contributed by atoms with Gasteiger partial charge in [0, 0.05) is 19.0 Å². The zero-order chi connectivity index (χ0) is 12.3. The maximum Gasteiger partial charge on any atom is 0.410 e. The summed E-state index contributed by atoms with van der Waals surface area (Å²) in [7, 11) is 0. The molecule has 0 bridgehead atoms. The van der Waals surface area contributed by atoms with Crippen molar-refractivity contribution in [3.05, 3.63) is 0 Å². The summed E-state index contributed by atoms with van der Waals surface area (Å²) in [5.74, 6) is -0.0925. The summed E-state index contributed by atoms with van der Waals surface area (Å²) in [6.07, 6.45) is 0.336. The molecule has 0 radical (unpaired) electrons. The quantitative estimate of drug-likeness (QED) is 0.702. The first-order valence-electron chi connectivity index (χ1n) is 5.40. The van der Waals surface area contributed by atoms with Crippen molar-refractivity contribution >= 4 is 23.5 Å². The lowest BCUT2D eigenvalue weighted by Gasteiger charge is -2.24. The molecule has 0 aromatic rings. The molecule has 1 rings (SSSR count). The van der Waals surface area contributed by atoms with Gasteiger partial charge in [0.2, 0.25) is 0 Å². The number of Topliss-reactive ketones (excluding diaryl/α,β-unsaturated/α-hetero) is 1. The van der Waals surface area contributed by atoms with Crippen LogP contribution in [0.15, 0.2) is 0 Å². The maximum absolute atomic E-state index is 11.7. The highest BCUT2D eigenvalue weighted by atomic mass is 35.5. The number of likely N-dealkylation sites (tertiary alicyclic amines) is 1. The molecule has 1 saturated heterocycles. The molecule has 1 heterocycles. The van der Waals surface area contributed by atoms with Gasteiger partial charge >= 0.3 is 6.09 Å². The van der Waals surface area contributed by atoms with Crippen molar-refractivity contribution in [2.45, 2.75) is 32.8 Å². The molecule has 0 aromatic carbocycles. The molecule has 0 N–H and O–H groups in total. The highest BCUT2D eigenvalue weighted by Crippen LogP contribution is 2.20. The average molecular weight is 248 g/mol. The number of carbonyl (C=O) groups is 2. The first kappa shape index (κ1) is 13.3. The van der Waals surface area contributed by atoms with Crippen LogP contribution in [0.1, 0.15) is 27.2 Å². The second kappa shape index (κ2) is 5.04. The molecule has 0 saturated carbocycles. The standard InChI is InChI=1S/C11H18ClNO3/c1-11(2,3)16-10(15)13-5-4-8(7-13)9(14)6-12/h8H,4-7H2,1-3H3/t8-/m0/s1. The van der Waals surface area contributed by atoms with Crippen LogP contribution >= 0.6 is 11.6 Å². The van der Waals surface area contributed by atoms with Crippen LogP contribution in [0.5, 0.6) is 0 Å². The average Bonchev–Trinajstić information content (AvgIpc) is 2.62. The molecule has 1 atom stereocenters. The van der Waals surface area contributed by atoms with E-state index in [-0.39, 0.29) is 23.7 Å². The summed E-state index contributed by atoms with van der Waals surface area (Å²) in [6, 6.07) is 0. The Kier molecular flexibility index (Phi) is 4.19. The fraction of sp³-hybridized carbons (Fsp3) is 0.818. The molecule has 1 aliphatic heterocycles. The van der Waals surface area contributed by atoms with Gasteiger partial charge in [-0.05, 0) is 27.2 Å². The number of alkyl halides is 1. The molecule has 5 heteroatoms. The third-order valence-electron chi connectivity index (χ3n) is 2.43. The second-order valence-corrected chi connectivity index (χ2v) is 5.28. The second-order valence-electron chi connectivity index (χ2n) is 5.01. The van der Waals surface area contributed by atoms with Gasteiger partial charge in [0.15, 0.2) is 5.78 Å². The number of hydrogen-bond donors (Lipinski definition) is 0. The van der Waals surface area contributed by atoms with E-state index in [0.29, 0.717) is 19.5 Å². The number of nitrogens with zero attached hydrogens (tertiary/aromatic N) is 1. The lowest BCUT2D eigenvalue weighted by Crippen LogP contribution is -2.36. The number of rotatable bonds is 2. The van der Waals surface area contributed by atoms with E-state index in [1.165, 1.54) is 0 Å². The van der Waals surface area contributed by atoms with Gasteiger partial charge in [-0.2, -0.15) is 0 Å². The Balaban J connectivity index is 2.47. The summed E-state index contributed by atoms with van der Waals surface area (Å²) in [4.78, 5) is 24.6. The van der Waals surface area contributed by atoms with Crippen LogP contribution in [0.3, 0.4) is 0 Å². The topological polar surface area (TPSA) is 46.6 Å². The van der Waals surface area contributed by atoms with Crippen molar-refractivity contribution in [3.63, 3.8) is 0 Å². The Labute approximate surface area is 101 Å². The van der Waals surface area contributed by atoms with Crippen LogP contribution in [0.25, 0.3) is 0 Å². The van der Waals surface area contributed by atoms with Gasteiger partial charge in [-0.15, -0.1) is 11.6 Å². The minimum Gasteiger partial charge on any atom is -0.444 e. The molecule has 0 aliphatic carbocycles. The van der Waals surface area contributed by atoms with E-state index in [2.05, 4.69) is 0 Å². The molecular formula is C11H18ClNO3.